The Bertz CT molecular complexity index is 1300. The van der Waals surface area contributed by atoms with Crippen LogP contribution in [-0.4, -0.2) is 48.2 Å². The van der Waals surface area contributed by atoms with Gasteiger partial charge in [0.25, 0.3) is 5.91 Å². The van der Waals surface area contributed by atoms with E-state index >= 15 is 0 Å². The zero-order chi connectivity index (χ0) is 25.1. The monoisotopic (exact) mass is 516 g/mol. The fourth-order valence-electron chi connectivity index (χ4n) is 2.80. The first kappa shape index (κ1) is 25.4. The van der Waals surface area contributed by atoms with Crippen LogP contribution in [0, 0.1) is 0 Å². The molecule has 3 rings (SSSR count). The Morgan fingerprint density at radius 1 is 1.29 bits per heavy atom. The average Bonchev–Trinajstić information content (AvgIpc) is 3.22. The van der Waals surface area contributed by atoms with Crippen LogP contribution in [0.3, 0.4) is 0 Å². The molecule has 0 saturated carbocycles. The summed E-state index contributed by atoms with van der Waals surface area (Å²) in [7, 11) is -2.35. The molecule has 0 spiro atoms. The standard InChI is InChI=1S/C20H20ClF3N6O3S/c1-4-34(3,32)29-15-5-6-17(25-10-15)30-18(26-11-27-30)12(2)28-19(31)13-7-14(21)9-16(8-13)33-20(22,23)24/h5-12H,4H2,1-3H3,(H,28,31)/t12-,34?/m0/s1. The second kappa shape index (κ2) is 9.97. The molecule has 0 aliphatic rings. The van der Waals surface area contributed by atoms with Crippen molar-refractivity contribution in [2.75, 3.05) is 12.0 Å². The molecule has 0 saturated heterocycles. The molecule has 0 fully saturated rings. The fraction of sp³-hybridized carbons (Fsp3) is 0.300. The number of hydrogen-bond donors (Lipinski definition) is 1. The number of pyridine rings is 1. The molecule has 182 valence electrons. The molecule has 0 radical (unpaired) electrons. The molecule has 0 aliphatic carbocycles. The van der Waals surface area contributed by atoms with Gasteiger partial charge in [-0.05, 0) is 37.3 Å². The number of alkyl halides is 3. The van der Waals surface area contributed by atoms with Crippen LogP contribution in [0.15, 0.2) is 47.2 Å². The summed E-state index contributed by atoms with van der Waals surface area (Å²) in [5.74, 6) is -0.233. The van der Waals surface area contributed by atoms with Gasteiger partial charge in [0.1, 0.15) is 12.1 Å². The minimum absolute atomic E-state index is 0.100. The number of ether oxygens (including phenoxy) is 1. The predicted octanol–water partition coefficient (Wildman–Crippen LogP) is 4.45. The lowest BCUT2D eigenvalue weighted by Gasteiger charge is -2.15. The Morgan fingerprint density at radius 3 is 2.65 bits per heavy atom. The number of nitrogens with one attached hydrogen (secondary N) is 1. The first-order chi connectivity index (χ1) is 15.9. The van der Waals surface area contributed by atoms with Crippen LogP contribution in [0.1, 0.15) is 36.1 Å². The topological polar surface area (TPSA) is 111 Å². The molecule has 14 heteroatoms. The zero-order valence-corrected chi connectivity index (χ0v) is 19.8. The molecule has 0 aliphatic heterocycles. The van der Waals surface area contributed by atoms with E-state index in [1.165, 1.54) is 23.3 Å². The Hall–Kier alpha value is -3.19. The van der Waals surface area contributed by atoms with Crippen LogP contribution in [-0.2, 0) is 9.73 Å². The number of amides is 1. The molecule has 3 aromatic rings. The van der Waals surface area contributed by atoms with E-state index in [1.807, 2.05) is 0 Å². The van der Waals surface area contributed by atoms with Crippen LogP contribution in [0.5, 0.6) is 5.75 Å². The Morgan fingerprint density at radius 2 is 2.03 bits per heavy atom. The van der Waals surface area contributed by atoms with Gasteiger partial charge in [-0.3, -0.25) is 4.79 Å². The van der Waals surface area contributed by atoms with Crippen molar-refractivity contribution in [3.63, 3.8) is 0 Å². The molecule has 0 bridgehead atoms. The minimum atomic E-state index is -4.93. The number of aromatic nitrogens is 4. The third-order valence-corrected chi connectivity index (χ3v) is 6.35. The molecule has 2 atom stereocenters. The number of halogens is 4. The number of hydrogen-bond acceptors (Lipinski definition) is 7. The Balaban J connectivity index is 1.80. The number of rotatable bonds is 7. The summed E-state index contributed by atoms with van der Waals surface area (Å²) in [5, 5.41) is 6.65. The summed E-state index contributed by atoms with van der Waals surface area (Å²) in [6.07, 6.45) is -0.666. The molecule has 1 aromatic carbocycles. The normalized spacial score (nSPS) is 14.2. The first-order valence-electron chi connectivity index (χ1n) is 9.80. The highest BCUT2D eigenvalue weighted by molar-refractivity contribution is 7.93. The summed E-state index contributed by atoms with van der Waals surface area (Å²) < 4.78 is 59.1. The van der Waals surface area contributed by atoms with Crippen LogP contribution < -0.4 is 10.1 Å². The SMILES string of the molecule is CCS(C)(=O)=Nc1ccc(-n2ncnc2[C@H](C)NC(=O)c2cc(Cl)cc(OC(F)(F)F)c2)nc1. The lowest BCUT2D eigenvalue weighted by atomic mass is 10.2. The van der Waals surface area contributed by atoms with Gasteiger partial charge in [0.2, 0.25) is 0 Å². The van der Waals surface area contributed by atoms with Gasteiger partial charge in [-0.1, -0.05) is 18.5 Å². The molecule has 2 heterocycles. The van der Waals surface area contributed by atoms with Crippen LogP contribution >= 0.6 is 11.6 Å². The molecular formula is C20H20ClF3N6O3S. The molecule has 2 aromatic heterocycles. The van der Waals surface area contributed by atoms with E-state index in [9.17, 15) is 22.2 Å². The van der Waals surface area contributed by atoms with E-state index in [-0.39, 0.29) is 10.6 Å². The van der Waals surface area contributed by atoms with Gasteiger partial charge < -0.3 is 10.1 Å². The number of carbonyl (C=O) groups excluding carboxylic acids is 1. The van der Waals surface area contributed by atoms with Gasteiger partial charge in [0.05, 0.1) is 17.9 Å². The summed E-state index contributed by atoms with van der Waals surface area (Å²) in [6, 6.07) is 5.62. The maximum Gasteiger partial charge on any atom is 0.573 e. The van der Waals surface area contributed by atoms with Crippen molar-refractivity contribution < 1.29 is 26.9 Å². The van der Waals surface area contributed by atoms with Crippen molar-refractivity contribution in [3.05, 3.63) is 59.3 Å². The first-order valence-corrected chi connectivity index (χ1v) is 12.3. The Labute approximate surface area is 198 Å². The van der Waals surface area contributed by atoms with E-state index in [0.717, 1.165) is 12.1 Å². The second-order valence-corrected chi connectivity index (χ2v) is 10.3. The highest BCUT2D eigenvalue weighted by Crippen LogP contribution is 2.27. The number of nitrogens with zero attached hydrogens (tertiary/aromatic N) is 5. The maximum atomic E-state index is 12.7. The summed E-state index contributed by atoms with van der Waals surface area (Å²) in [6.45, 7) is 3.39. The molecule has 1 amide bonds. The fourth-order valence-corrected chi connectivity index (χ4v) is 3.71. The lowest BCUT2D eigenvalue weighted by Crippen LogP contribution is -2.29. The van der Waals surface area contributed by atoms with Crippen molar-refractivity contribution in [2.24, 2.45) is 4.36 Å². The minimum Gasteiger partial charge on any atom is -0.406 e. The van der Waals surface area contributed by atoms with Gasteiger partial charge in [-0.15, -0.1) is 13.2 Å². The zero-order valence-electron chi connectivity index (χ0n) is 18.2. The molecular weight excluding hydrogens is 497 g/mol. The highest BCUT2D eigenvalue weighted by atomic mass is 35.5. The van der Waals surface area contributed by atoms with E-state index in [1.54, 1.807) is 32.2 Å². The van der Waals surface area contributed by atoms with Crippen molar-refractivity contribution in [3.8, 4) is 11.6 Å². The van der Waals surface area contributed by atoms with Gasteiger partial charge in [0, 0.05) is 32.3 Å². The average molecular weight is 517 g/mol. The molecule has 9 nitrogen and oxygen atoms in total. The van der Waals surface area contributed by atoms with E-state index in [0.29, 0.717) is 23.1 Å². The van der Waals surface area contributed by atoms with Crippen molar-refractivity contribution in [1.29, 1.82) is 0 Å². The van der Waals surface area contributed by atoms with E-state index < -0.39 is 33.8 Å². The maximum absolute atomic E-state index is 12.7. The van der Waals surface area contributed by atoms with Gasteiger partial charge in [0.15, 0.2) is 11.6 Å². The van der Waals surface area contributed by atoms with Gasteiger partial charge >= 0.3 is 6.36 Å². The van der Waals surface area contributed by atoms with E-state index in [2.05, 4.69) is 29.5 Å². The van der Waals surface area contributed by atoms with Crippen LogP contribution in [0.2, 0.25) is 5.02 Å². The number of benzene rings is 1. The summed E-state index contributed by atoms with van der Waals surface area (Å²) in [4.78, 5) is 21.1. The molecule has 34 heavy (non-hydrogen) atoms. The summed E-state index contributed by atoms with van der Waals surface area (Å²) in [5.41, 5.74) is 0.312. The van der Waals surface area contributed by atoms with Crippen molar-refractivity contribution in [1.82, 2.24) is 25.1 Å². The van der Waals surface area contributed by atoms with Crippen LogP contribution in [0.4, 0.5) is 18.9 Å². The largest absolute Gasteiger partial charge is 0.573 e. The summed E-state index contributed by atoms with van der Waals surface area (Å²) >= 11 is 5.84. The highest BCUT2D eigenvalue weighted by Gasteiger charge is 2.31. The quantitative estimate of drug-likeness (QED) is 0.496. The second-order valence-electron chi connectivity index (χ2n) is 7.16. The van der Waals surface area contributed by atoms with Crippen LogP contribution in [0.25, 0.3) is 5.82 Å². The Kier molecular flexibility index (Phi) is 7.46. The van der Waals surface area contributed by atoms with Crippen molar-refractivity contribution in [2.45, 2.75) is 26.3 Å². The predicted molar refractivity (Wildman–Crippen MR) is 120 cm³/mol. The third kappa shape index (κ3) is 6.67. The smallest absolute Gasteiger partial charge is 0.406 e. The van der Waals surface area contributed by atoms with Gasteiger partial charge in [-0.25, -0.2) is 14.2 Å². The third-order valence-electron chi connectivity index (χ3n) is 4.46. The molecule has 1 N–H and O–H groups in total. The van der Waals surface area contributed by atoms with Crippen molar-refractivity contribution >= 4 is 32.9 Å². The molecule has 1 unspecified atom stereocenters. The van der Waals surface area contributed by atoms with Gasteiger partial charge in [-0.2, -0.15) is 14.1 Å². The lowest BCUT2D eigenvalue weighted by molar-refractivity contribution is -0.274. The van der Waals surface area contributed by atoms with E-state index in [4.69, 9.17) is 11.6 Å². The number of carbonyl (C=O) groups is 1.